The standard InChI is InChI=1S/C18H21N3O3/c1-14-6-2-3-7-15(14)24-13-18(23)8-4-11-21(12-18)17(22)16-19-9-5-10-20-16/h2-3,5-7,9-10,23H,4,8,11-13H2,1H3. The van der Waals surface area contributed by atoms with Crippen LogP contribution in [0.3, 0.4) is 0 Å². The second-order valence-corrected chi connectivity index (χ2v) is 6.18. The van der Waals surface area contributed by atoms with Gasteiger partial charge in [-0.15, -0.1) is 0 Å². The van der Waals surface area contributed by atoms with Crippen LogP contribution in [0, 0.1) is 6.92 Å². The fourth-order valence-corrected chi connectivity index (χ4v) is 2.88. The number of carbonyl (C=O) groups is 1. The molecule has 1 N–H and O–H groups in total. The fraction of sp³-hybridized carbons (Fsp3) is 0.389. The van der Waals surface area contributed by atoms with Crippen molar-refractivity contribution < 1.29 is 14.6 Å². The zero-order chi connectivity index (χ0) is 17.0. The number of ether oxygens (including phenoxy) is 1. The third-order valence-corrected chi connectivity index (χ3v) is 4.19. The molecular weight excluding hydrogens is 306 g/mol. The number of carbonyl (C=O) groups excluding carboxylic acids is 1. The molecule has 0 saturated carbocycles. The molecule has 1 aliphatic heterocycles. The fourth-order valence-electron chi connectivity index (χ4n) is 2.88. The lowest BCUT2D eigenvalue weighted by molar-refractivity contribution is -0.0535. The minimum absolute atomic E-state index is 0.150. The molecule has 24 heavy (non-hydrogen) atoms. The number of rotatable bonds is 4. The Labute approximate surface area is 141 Å². The van der Waals surface area contributed by atoms with E-state index >= 15 is 0 Å². The molecule has 1 aliphatic rings. The maximum atomic E-state index is 12.5. The molecule has 1 fully saturated rings. The molecule has 126 valence electrons. The van der Waals surface area contributed by atoms with E-state index in [-0.39, 0.29) is 24.9 Å². The van der Waals surface area contributed by atoms with Crippen molar-refractivity contribution in [1.29, 1.82) is 0 Å². The largest absolute Gasteiger partial charge is 0.490 e. The second kappa shape index (κ2) is 6.97. The molecule has 3 rings (SSSR count). The minimum atomic E-state index is -1.06. The van der Waals surface area contributed by atoms with Gasteiger partial charge in [-0.1, -0.05) is 18.2 Å². The van der Waals surface area contributed by atoms with Crippen LogP contribution in [0.1, 0.15) is 29.0 Å². The van der Waals surface area contributed by atoms with E-state index in [1.165, 1.54) is 12.4 Å². The number of piperidine rings is 1. The van der Waals surface area contributed by atoms with Crippen LogP contribution < -0.4 is 4.74 Å². The Hall–Kier alpha value is -2.47. The number of aliphatic hydroxyl groups is 1. The lowest BCUT2D eigenvalue weighted by Crippen LogP contribution is -2.53. The molecule has 0 radical (unpaired) electrons. The average Bonchev–Trinajstić information content (AvgIpc) is 2.61. The summed E-state index contributed by atoms with van der Waals surface area (Å²) in [4.78, 5) is 22.0. The van der Waals surface area contributed by atoms with Gasteiger partial charge in [0, 0.05) is 18.9 Å². The van der Waals surface area contributed by atoms with E-state index in [1.807, 2.05) is 31.2 Å². The maximum Gasteiger partial charge on any atom is 0.291 e. The summed E-state index contributed by atoms with van der Waals surface area (Å²) in [6.07, 6.45) is 4.39. The van der Waals surface area contributed by atoms with Crippen molar-refractivity contribution in [1.82, 2.24) is 14.9 Å². The van der Waals surface area contributed by atoms with Crippen LogP contribution in [0.25, 0.3) is 0 Å². The molecule has 0 spiro atoms. The number of nitrogens with zero attached hydrogens (tertiary/aromatic N) is 3. The first-order valence-corrected chi connectivity index (χ1v) is 8.04. The summed E-state index contributed by atoms with van der Waals surface area (Å²) >= 11 is 0. The van der Waals surface area contributed by atoms with Gasteiger partial charge in [-0.2, -0.15) is 0 Å². The number of hydrogen-bond donors (Lipinski definition) is 1. The number of amides is 1. The van der Waals surface area contributed by atoms with Gasteiger partial charge in [-0.05, 0) is 37.5 Å². The van der Waals surface area contributed by atoms with Gasteiger partial charge in [0.15, 0.2) is 0 Å². The zero-order valence-corrected chi connectivity index (χ0v) is 13.7. The first-order chi connectivity index (χ1) is 11.6. The third kappa shape index (κ3) is 3.71. The lowest BCUT2D eigenvalue weighted by atomic mass is 9.93. The van der Waals surface area contributed by atoms with E-state index in [1.54, 1.807) is 11.0 Å². The van der Waals surface area contributed by atoms with Crippen molar-refractivity contribution in [2.45, 2.75) is 25.4 Å². The minimum Gasteiger partial charge on any atom is -0.490 e. The third-order valence-electron chi connectivity index (χ3n) is 4.19. The highest BCUT2D eigenvalue weighted by atomic mass is 16.5. The van der Waals surface area contributed by atoms with Crippen molar-refractivity contribution in [2.75, 3.05) is 19.7 Å². The molecule has 1 aromatic heterocycles. The number of aryl methyl sites for hydroxylation is 1. The molecule has 2 aromatic rings. The number of para-hydroxylation sites is 1. The van der Waals surface area contributed by atoms with Crippen LogP contribution >= 0.6 is 0 Å². The van der Waals surface area contributed by atoms with Crippen LogP contribution in [0.15, 0.2) is 42.7 Å². The van der Waals surface area contributed by atoms with E-state index in [0.717, 1.165) is 11.3 Å². The molecule has 1 saturated heterocycles. The topological polar surface area (TPSA) is 75.6 Å². The molecule has 0 bridgehead atoms. The maximum absolute atomic E-state index is 12.5. The Balaban J connectivity index is 1.66. The zero-order valence-electron chi connectivity index (χ0n) is 13.7. The van der Waals surface area contributed by atoms with Crippen molar-refractivity contribution in [3.05, 3.63) is 54.1 Å². The first-order valence-electron chi connectivity index (χ1n) is 8.04. The number of β-amino-alcohol motifs (C(OH)–C–C–N with tert-alkyl or cyclic N) is 1. The molecule has 2 heterocycles. The number of hydrogen-bond acceptors (Lipinski definition) is 5. The van der Waals surface area contributed by atoms with Crippen LogP contribution in [-0.2, 0) is 0 Å². The van der Waals surface area contributed by atoms with Crippen LogP contribution in [0.5, 0.6) is 5.75 Å². The summed E-state index contributed by atoms with van der Waals surface area (Å²) in [7, 11) is 0. The van der Waals surface area contributed by atoms with Gasteiger partial charge in [0.05, 0.1) is 6.54 Å². The van der Waals surface area contributed by atoms with Crippen LogP contribution in [-0.4, -0.2) is 51.2 Å². The molecule has 6 heteroatoms. The van der Waals surface area contributed by atoms with Gasteiger partial charge in [0.2, 0.25) is 5.82 Å². The summed E-state index contributed by atoms with van der Waals surface area (Å²) in [5, 5.41) is 10.8. The number of aromatic nitrogens is 2. The van der Waals surface area contributed by atoms with Gasteiger partial charge in [-0.25, -0.2) is 9.97 Å². The summed E-state index contributed by atoms with van der Waals surface area (Å²) < 4.78 is 5.79. The monoisotopic (exact) mass is 327 g/mol. The Morgan fingerprint density at radius 1 is 1.29 bits per heavy atom. The van der Waals surface area contributed by atoms with E-state index < -0.39 is 5.60 Å². The molecule has 1 unspecified atom stereocenters. The van der Waals surface area contributed by atoms with Crippen molar-refractivity contribution in [2.24, 2.45) is 0 Å². The SMILES string of the molecule is Cc1ccccc1OCC1(O)CCCN(C(=O)c2ncccn2)C1. The quantitative estimate of drug-likeness (QED) is 0.927. The highest BCUT2D eigenvalue weighted by molar-refractivity contribution is 5.90. The van der Waals surface area contributed by atoms with Crippen molar-refractivity contribution in [3.63, 3.8) is 0 Å². The smallest absolute Gasteiger partial charge is 0.291 e. The predicted molar refractivity (Wildman–Crippen MR) is 88.8 cm³/mol. The van der Waals surface area contributed by atoms with Gasteiger partial charge in [0.25, 0.3) is 5.91 Å². The average molecular weight is 327 g/mol. The highest BCUT2D eigenvalue weighted by Gasteiger charge is 2.37. The van der Waals surface area contributed by atoms with Crippen LogP contribution in [0.2, 0.25) is 0 Å². The van der Waals surface area contributed by atoms with E-state index in [9.17, 15) is 9.90 Å². The van der Waals surface area contributed by atoms with E-state index in [0.29, 0.717) is 19.4 Å². The molecular formula is C18H21N3O3. The Morgan fingerprint density at radius 2 is 2.04 bits per heavy atom. The molecule has 1 amide bonds. The Morgan fingerprint density at radius 3 is 2.79 bits per heavy atom. The van der Waals surface area contributed by atoms with Crippen LogP contribution in [0.4, 0.5) is 0 Å². The number of likely N-dealkylation sites (tertiary alicyclic amines) is 1. The van der Waals surface area contributed by atoms with Gasteiger partial charge >= 0.3 is 0 Å². The van der Waals surface area contributed by atoms with Gasteiger partial charge < -0.3 is 14.7 Å². The molecule has 6 nitrogen and oxygen atoms in total. The lowest BCUT2D eigenvalue weighted by Gasteiger charge is -2.38. The van der Waals surface area contributed by atoms with Gasteiger partial charge in [0.1, 0.15) is 18.0 Å². The molecule has 0 aliphatic carbocycles. The van der Waals surface area contributed by atoms with E-state index in [4.69, 9.17) is 4.74 Å². The highest BCUT2D eigenvalue weighted by Crippen LogP contribution is 2.25. The summed E-state index contributed by atoms with van der Waals surface area (Å²) in [5.74, 6) is 0.645. The van der Waals surface area contributed by atoms with Crippen molar-refractivity contribution >= 4 is 5.91 Å². The summed E-state index contributed by atoms with van der Waals surface area (Å²) in [6.45, 7) is 2.92. The summed E-state index contributed by atoms with van der Waals surface area (Å²) in [5.41, 5.74) is -0.0483. The predicted octanol–water partition coefficient (Wildman–Crippen LogP) is 1.83. The first kappa shape index (κ1) is 16.4. The van der Waals surface area contributed by atoms with Gasteiger partial charge in [-0.3, -0.25) is 4.79 Å². The normalized spacial score (nSPS) is 20.7. The van der Waals surface area contributed by atoms with Crippen molar-refractivity contribution in [3.8, 4) is 5.75 Å². The number of benzene rings is 1. The summed E-state index contributed by atoms with van der Waals surface area (Å²) in [6, 6.07) is 9.35. The Kier molecular flexibility index (Phi) is 4.76. The molecule has 1 atom stereocenters. The molecule has 1 aromatic carbocycles. The Bertz CT molecular complexity index is 708. The second-order valence-electron chi connectivity index (χ2n) is 6.18. The van der Waals surface area contributed by atoms with E-state index in [2.05, 4.69) is 9.97 Å².